The summed E-state index contributed by atoms with van der Waals surface area (Å²) in [6, 6.07) is 14.1. The van der Waals surface area contributed by atoms with Gasteiger partial charge in [0, 0.05) is 17.0 Å². The molecule has 1 aromatic carbocycles. The predicted octanol–water partition coefficient (Wildman–Crippen LogP) is 4.29. The summed E-state index contributed by atoms with van der Waals surface area (Å²) in [6.07, 6.45) is 1.87. The lowest BCUT2D eigenvalue weighted by Crippen LogP contribution is -2.39. The van der Waals surface area contributed by atoms with Crippen molar-refractivity contribution in [3.8, 4) is 11.3 Å². The van der Waals surface area contributed by atoms with Crippen molar-refractivity contribution in [1.29, 1.82) is 0 Å². The van der Waals surface area contributed by atoms with Gasteiger partial charge >= 0.3 is 0 Å². The van der Waals surface area contributed by atoms with Gasteiger partial charge in [-0.1, -0.05) is 37.3 Å². The van der Waals surface area contributed by atoms with Crippen LogP contribution in [0.2, 0.25) is 0 Å². The van der Waals surface area contributed by atoms with Crippen LogP contribution < -0.4 is 0 Å². The summed E-state index contributed by atoms with van der Waals surface area (Å²) in [5, 5.41) is 9.37. The number of hydrogen-bond acceptors (Lipinski definition) is 3. The lowest BCUT2D eigenvalue weighted by molar-refractivity contribution is 0.0651. The molecule has 1 aliphatic heterocycles. The van der Waals surface area contributed by atoms with E-state index >= 15 is 0 Å². The van der Waals surface area contributed by atoms with E-state index in [4.69, 9.17) is 0 Å². The van der Waals surface area contributed by atoms with Crippen molar-refractivity contribution in [2.24, 2.45) is 0 Å². The number of aromatic amines is 1. The fraction of sp³-hybridized carbons (Fsp3) is 0.263. The number of fused-ring (bicyclic) bond motifs is 1. The quantitative estimate of drug-likeness (QED) is 0.775. The molecule has 1 atom stereocenters. The number of thiophene rings is 1. The van der Waals surface area contributed by atoms with Gasteiger partial charge in [0.2, 0.25) is 0 Å². The van der Waals surface area contributed by atoms with E-state index in [2.05, 4.69) is 28.6 Å². The van der Waals surface area contributed by atoms with Crippen LogP contribution >= 0.6 is 11.3 Å². The van der Waals surface area contributed by atoms with Gasteiger partial charge in [0.15, 0.2) is 0 Å². The Balaban J connectivity index is 1.61. The zero-order valence-electron chi connectivity index (χ0n) is 13.5. The maximum Gasteiger partial charge on any atom is 0.272 e. The van der Waals surface area contributed by atoms with Crippen LogP contribution in [0.25, 0.3) is 11.3 Å². The number of carbonyl (C=O) groups excluding carboxylic acids is 1. The van der Waals surface area contributed by atoms with E-state index < -0.39 is 0 Å². The van der Waals surface area contributed by atoms with Crippen LogP contribution in [0, 0.1) is 0 Å². The topological polar surface area (TPSA) is 49.0 Å². The first-order valence-corrected chi connectivity index (χ1v) is 9.14. The highest BCUT2D eigenvalue weighted by atomic mass is 32.1. The summed E-state index contributed by atoms with van der Waals surface area (Å²) < 4.78 is 0. The van der Waals surface area contributed by atoms with Gasteiger partial charge in [-0.15, -0.1) is 11.3 Å². The normalized spacial score (nSPS) is 16.9. The predicted molar refractivity (Wildman–Crippen MR) is 96.1 cm³/mol. The molecule has 4 nitrogen and oxygen atoms in total. The Morgan fingerprint density at radius 1 is 1.33 bits per heavy atom. The number of nitrogens with zero attached hydrogens (tertiary/aromatic N) is 2. The molecule has 0 saturated heterocycles. The molecule has 3 aromatic rings. The van der Waals surface area contributed by atoms with Crippen LogP contribution in [-0.2, 0) is 6.42 Å². The summed E-state index contributed by atoms with van der Waals surface area (Å²) in [6.45, 7) is 2.91. The lowest BCUT2D eigenvalue weighted by atomic mass is 9.97. The molecule has 122 valence electrons. The standard InChI is InChI=1S/C19H19N3OS/c1-2-17-14-9-11-24-18(14)8-10-22(17)19(23)16-12-15(20-21-16)13-6-4-3-5-7-13/h3-7,9,11-12,17H,2,8,10H2,1H3,(H,20,21). The van der Waals surface area contributed by atoms with Crippen LogP contribution in [0.4, 0.5) is 0 Å². The monoisotopic (exact) mass is 337 g/mol. The van der Waals surface area contributed by atoms with Crippen LogP contribution in [0.3, 0.4) is 0 Å². The van der Waals surface area contributed by atoms with Gasteiger partial charge in [-0.2, -0.15) is 5.10 Å². The highest BCUT2D eigenvalue weighted by Crippen LogP contribution is 2.36. The number of rotatable bonds is 3. The van der Waals surface area contributed by atoms with E-state index in [1.165, 1.54) is 10.4 Å². The largest absolute Gasteiger partial charge is 0.330 e. The zero-order chi connectivity index (χ0) is 16.5. The molecule has 0 spiro atoms. The Hall–Kier alpha value is -2.40. The van der Waals surface area contributed by atoms with Gasteiger partial charge in [-0.05, 0) is 35.9 Å². The highest BCUT2D eigenvalue weighted by Gasteiger charge is 2.31. The maximum absolute atomic E-state index is 13.0. The Labute approximate surface area is 145 Å². The number of hydrogen-bond donors (Lipinski definition) is 1. The van der Waals surface area contributed by atoms with Crippen molar-refractivity contribution in [3.63, 3.8) is 0 Å². The summed E-state index contributed by atoms with van der Waals surface area (Å²) in [5.74, 6) is 0.0355. The lowest BCUT2D eigenvalue weighted by Gasteiger charge is -2.35. The summed E-state index contributed by atoms with van der Waals surface area (Å²) in [4.78, 5) is 16.4. The first-order valence-electron chi connectivity index (χ1n) is 8.26. The van der Waals surface area contributed by atoms with Crippen molar-refractivity contribution in [1.82, 2.24) is 15.1 Å². The number of H-pyrrole nitrogens is 1. The smallest absolute Gasteiger partial charge is 0.272 e. The van der Waals surface area contributed by atoms with Gasteiger partial charge in [0.25, 0.3) is 5.91 Å². The highest BCUT2D eigenvalue weighted by molar-refractivity contribution is 7.10. The molecule has 0 aliphatic carbocycles. The molecule has 4 rings (SSSR count). The van der Waals surface area contributed by atoms with Crippen molar-refractivity contribution in [2.75, 3.05) is 6.54 Å². The fourth-order valence-corrected chi connectivity index (χ4v) is 4.35. The number of carbonyl (C=O) groups is 1. The second kappa shape index (κ2) is 6.24. The Kier molecular flexibility index (Phi) is 3.94. The fourth-order valence-electron chi connectivity index (χ4n) is 3.42. The van der Waals surface area contributed by atoms with Crippen molar-refractivity contribution in [3.05, 3.63) is 64.0 Å². The third-order valence-corrected chi connectivity index (χ3v) is 5.62. The van der Waals surface area contributed by atoms with E-state index in [1.54, 1.807) is 11.3 Å². The third-order valence-electron chi connectivity index (χ3n) is 4.62. The molecule has 1 N–H and O–H groups in total. The minimum atomic E-state index is 0.0355. The van der Waals surface area contributed by atoms with Crippen molar-refractivity contribution >= 4 is 17.2 Å². The molecule has 0 fully saturated rings. The van der Waals surface area contributed by atoms with E-state index in [0.29, 0.717) is 5.69 Å². The molecular weight excluding hydrogens is 318 g/mol. The molecule has 1 aliphatic rings. The maximum atomic E-state index is 13.0. The van der Waals surface area contributed by atoms with Crippen molar-refractivity contribution < 1.29 is 4.79 Å². The molecule has 1 unspecified atom stereocenters. The molecule has 5 heteroatoms. The number of nitrogens with one attached hydrogen (secondary N) is 1. The summed E-state index contributed by atoms with van der Waals surface area (Å²) in [5.41, 5.74) is 3.69. The third kappa shape index (κ3) is 2.55. The Bertz CT molecular complexity index is 852. The average molecular weight is 337 g/mol. The van der Waals surface area contributed by atoms with Gasteiger partial charge in [-0.25, -0.2) is 0 Å². The second-order valence-corrected chi connectivity index (χ2v) is 7.01. The number of amides is 1. The van der Waals surface area contributed by atoms with E-state index in [0.717, 1.165) is 30.6 Å². The summed E-state index contributed by atoms with van der Waals surface area (Å²) in [7, 11) is 0. The minimum Gasteiger partial charge on any atom is -0.330 e. The van der Waals surface area contributed by atoms with Gasteiger partial charge in [-0.3, -0.25) is 9.89 Å². The average Bonchev–Trinajstić information content (AvgIpc) is 3.30. The number of benzene rings is 1. The van der Waals surface area contributed by atoms with Crippen LogP contribution in [-0.4, -0.2) is 27.5 Å². The number of aromatic nitrogens is 2. The van der Waals surface area contributed by atoms with Gasteiger partial charge in [0.05, 0.1) is 11.7 Å². The summed E-state index contributed by atoms with van der Waals surface area (Å²) >= 11 is 1.80. The molecule has 0 bridgehead atoms. The van der Waals surface area contributed by atoms with Crippen LogP contribution in [0.5, 0.6) is 0 Å². The minimum absolute atomic E-state index is 0.0355. The van der Waals surface area contributed by atoms with Crippen molar-refractivity contribution in [2.45, 2.75) is 25.8 Å². The first kappa shape index (κ1) is 15.1. The van der Waals surface area contributed by atoms with E-state index in [-0.39, 0.29) is 11.9 Å². The molecule has 0 saturated carbocycles. The molecule has 3 heterocycles. The Morgan fingerprint density at radius 3 is 2.96 bits per heavy atom. The first-order chi connectivity index (χ1) is 11.8. The molecule has 24 heavy (non-hydrogen) atoms. The SMILES string of the molecule is CCC1c2ccsc2CCN1C(=O)c1cc(-c2ccccc2)n[nH]1. The van der Waals surface area contributed by atoms with Crippen LogP contribution in [0.15, 0.2) is 47.8 Å². The molecule has 2 aromatic heterocycles. The van der Waals surface area contributed by atoms with Gasteiger partial charge in [0.1, 0.15) is 5.69 Å². The van der Waals surface area contributed by atoms with E-state index in [9.17, 15) is 4.79 Å². The molecule has 0 radical (unpaired) electrons. The molecular formula is C19H19N3OS. The Morgan fingerprint density at radius 2 is 2.17 bits per heavy atom. The zero-order valence-corrected chi connectivity index (χ0v) is 14.3. The van der Waals surface area contributed by atoms with Gasteiger partial charge < -0.3 is 4.90 Å². The second-order valence-electron chi connectivity index (χ2n) is 6.00. The van der Waals surface area contributed by atoms with E-state index in [1.807, 2.05) is 41.3 Å². The van der Waals surface area contributed by atoms with Crippen LogP contribution in [0.1, 0.15) is 40.3 Å². The molecule has 1 amide bonds.